The molecule has 0 aromatic heterocycles. The Hall–Kier alpha value is -1.63. The number of thioether (sulfide) groups is 1. The third kappa shape index (κ3) is 4.20. The number of amidine groups is 1. The molecule has 1 heterocycles. The molecule has 0 bridgehead atoms. The van der Waals surface area contributed by atoms with E-state index in [0.717, 1.165) is 31.0 Å². The average Bonchev–Trinajstić information content (AvgIpc) is 2.70. The van der Waals surface area contributed by atoms with E-state index in [1.807, 2.05) is 0 Å². The lowest BCUT2D eigenvalue weighted by Crippen LogP contribution is -2.31. The van der Waals surface area contributed by atoms with Crippen LogP contribution in [0.2, 0.25) is 0 Å². The molecule has 0 unspecified atom stereocenters. The van der Waals surface area contributed by atoms with Crippen molar-refractivity contribution >= 4 is 35.0 Å². The third-order valence-electron chi connectivity index (χ3n) is 2.86. The van der Waals surface area contributed by atoms with Gasteiger partial charge in [0.2, 0.25) is 5.91 Å². The van der Waals surface area contributed by atoms with Crippen LogP contribution in [-0.4, -0.2) is 28.5 Å². The van der Waals surface area contributed by atoms with Crippen molar-refractivity contribution in [2.24, 2.45) is 16.1 Å². The second-order valence-corrected chi connectivity index (χ2v) is 5.58. The second-order valence-electron chi connectivity index (χ2n) is 4.39. The summed E-state index contributed by atoms with van der Waals surface area (Å²) >= 11 is 1.07. The number of carboxylic acid groups (broad SMARTS) is 1. The molecule has 1 aliphatic heterocycles. The average molecular weight is 280 g/mol. The van der Waals surface area contributed by atoms with E-state index >= 15 is 0 Å². The van der Waals surface area contributed by atoms with Gasteiger partial charge in [-0.1, -0.05) is 23.9 Å². The van der Waals surface area contributed by atoms with Crippen molar-refractivity contribution in [3.8, 4) is 0 Å². The minimum atomic E-state index is -1.24. The Bertz CT molecular complexity index is 459. The minimum absolute atomic E-state index is 0.313. The van der Waals surface area contributed by atoms with Crippen molar-refractivity contribution in [2.75, 3.05) is 0 Å². The van der Waals surface area contributed by atoms with E-state index in [0.29, 0.717) is 11.1 Å². The van der Waals surface area contributed by atoms with Gasteiger partial charge in [-0.25, -0.2) is 0 Å². The van der Waals surface area contributed by atoms with Gasteiger partial charge in [-0.05, 0) is 25.2 Å². The first-order chi connectivity index (χ1) is 9.15. The summed E-state index contributed by atoms with van der Waals surface area (Å²) in [5, 5.41) is 20.5. The molecule has 2 aliphatic rings. The molecule has 0 aromatic rings. The summed E-state index contributed by atoms with van der Waals surface area (Å²) in [5.74, 6) is -1.22. The predicted molar refractivity (Wildman–Crippen MR) is 71.6 cm³/mol. The fraction of sp³-hybridized carbons (Fsp3) is 0.500. The number of carbonyl (C=O) groups excluding carboxylic acids is 2. The summed E-state index contributed by atoms with van der Waals surface area (Å²) < 4.78 is 0. The van der Waals surface area contributed by atoms with Crippen LogP contribution >= 0.6 is 11.8 Å². The topological polar surface area (TPSA) is 93.9 Å². The van der Waals surface area contributed by atoms with Crippen molar-refractivity contribution in [1.82, 2.24) is 5.32 Å². The molecule has 1 fully saturated rings. The highest BCUT2D eigenvalue weighted by Gasteiger charge is 2.30. The van der Waals surface area contributed by atoms with Crippen LogP contribution in [0.25, 0.3) is 0 Å². The molecule has 0 saturated carbocycles. The molecule has 2 rings (SSSR count). The van der Waals surface area contributed by atoms with E-state index in [1.54, 1.807) is 6.21 Å². The molecular weight excluding hydrogens is 266 g/mol. The lowest BCUT2D eigenvalue weighted by molar-refractivity contribution is -0.305. The SMILES string of the molecule is O=C([O-])C[C@H]1S/C(=N/N=C\[C@@H]2CC=CCC2)NC1=O. The highest BCUT2D eigenvalue weighted by molar-refractivity contribution is 8.15. The van der Waals surface area contributed by atoms with Crippen molar-refractivity contribution in [3.63, 3.8) is 0 Å². The zero-order chi connectivity index (χ0) is 13.7. The molecule has 0 spiro atoms. The lowest BCUT2D eigenvalue weighted by Gasteiger charge is -2.10. The van der Waals surface area contributed by atoms with Crippen molar-refractivity contribution in [2.45, 2.75) is 30.9 Å². The molecule has 6 nitrogen and oxygen atoms in total. The summed E-state index contributed by atoms with van der Waals surface area (Å²) in [5.41, 5.74) is 0. The highest BCUT2D eigenvalue weighted by atomic mass is 32.2. The van der Waals surface area contributed by atoms with Crippen LogP contribution in [0.3, 0.4) is 0 Å². The zero-order valence-corrected chi connectivity index (χ0v) is 11.1. The van der Waals surface area contributed by atoms with Crippen molar-refractivity contribution in [3.05, 3.63) is 12.2 Å². The van der Waals surface area contributed by atoms with Crippen LogP contribution < -0.4 is 10.4 Å². The van der Waals surface area contributed by atoms with E-state index in [2.05, 4.69) is 27.7 Å². The maximum Gasteiger partial charge on any atom is 0.239 e. The molecule has 19 heavy (non-hydrogen) atoms. The van der Waals surface area contributed by atoms with E-state index in [1.165, 1.54) is 0 Å². The van der Waals surface area contributed by atoms with Gasteiger partial charge in [-0.3, -0.25) is 4.79 Å². The Morgan fingerprint density at radius 2 is 2.42 bits per heavy atom. The van der Waals surface area contributed by atoms with Crippen LogP contribution in [0.15, 0.2) is 22.4 Å². The number of hydrogen-bond donors (Lipinski definition) is 1. The largest absolute Gasteiger partial charge is 0.550 e. The van der Waals surface area contributed by atoms with Gasteiger partial charge in [-0.15, -0.1) is 5.10 Å². The maximum absolute atomic E-state index is 11.4. The first kappa shape index (κ1) is 13.8. The number of nitrogens with one attached hydrogen (secondary N) is 1. The number of carboxylic acids is 1. The van der Waals surface area contributed by atoms with Gasteiger partial charge in [0.25, 0.3) is 0 Å². The molecule has 1 amide bonds. The van der Waals surface area contributed by atoms with Gasteiger partial charge in [0.1, 0.15) is 0 Å². The summed E-state index contributed by atoms with van der Waals surface area (Å²) in [4.78, 5) is 21.9. The molecule has 1 N–H and O–H groups in total. The summed E-state index contributed by atoms with van der Waals surface area (Å²) in [6, 6.07) is 0. The quantitative estimate of drug-likeness (QED) is 0.447. The van der Waals surface area contributed by atoms with Gasteiger partial charge in [-0.2, -0.15) is 5.10 Å². The van der Waals surface area contributed by atoms with Gasteiger partial charge < -0.3 is 15.2 Å². The third-order valence-corrected chi connectivity index (χ3v) is 3.94. The number of allylic oxidation sites excluding steroid dienone is 2. The number of amides is 1. The Balaban J connectivity index is 1.87. The van der Waals surface area contributed by atoms with Gasteiger partial charge in [0, 0.05) is 18.6 Å². The normalized spacial score (nSPS) is 29.1. The molecule has 0 aromatic carbocycles. The standard InChI is InChI=1S/C12H15N3O3S/c16-10(17)6-9-11(18)14-12(19-9)15-13-7-8-4-2-1-3-5-8/h1-2,7-9H,3-6H2,(H,16,17)(H,14,15,18)/p-1/b13-7-/t8-,9-/m1/s1. The Morgan fingerprint density at radius 1 is 1.58 bits per heavy atom. The van der Waals surface area contributed by atoms with Crippen molar-refractivity contribution < 1.29 is 14.7 Å². The first-order valence-corrected chi connectivity index (χ1v) is 6.96. The van der Waals surface area contributed by atoms with E-state index < -0.39 is 11.2 Å². The van der Waals surface area contributed by atoms with E-state index in [-0.39, 0.29) is 12.3 Å². The summed E-state index contributed by atoms with van der Waals surface area (Å²) in [6.07, 6.45) is 8.79. The molecule has 1 saturated heterocycles. The van der Waals surface area contributed by atoms with Gasteiger partial charge in [0.15, 0.2) is 5.17 Å². The molecule has 1 aliphatic carbocycles. The van der Waals surface area contributed by atoms with Gasteiger partial charge in [0.05, 0.1) is 5.25 Å². The Kier molecular flexibility index (Phi) is 4.73. The minimum Gasteiger partial charge on any atom is -0.550 e. The second kappa shape index (κ2) is 6.51. The fourth-order valence-corrected chi connectivity index (χ4v) is 2.78. The van der Waals surface area contributed by atoms with Crippen LogP contribution in [0, 0.1) is 5.92 Å². The molecule has 102 valence electrons. The highest BCUT2D eigenvalue weighted by Crippen LogP contribution is 2.22. The number of rotatable bonds is 4. The predicted octanol–water partition coefficient (Wildman–Crippen LogP) is 0.0561. The van der Waals surface area contributed by atoms with Crippen LogP contribution in [0.1, 0.15) is 25.7 Å². The summed E-state index contributed by atoms with van der Waals surface area (Å²) in [7, 11) is 0. The Morgan fingerprint density at radius 3 is 3.11 bits per heavy atom. The van der Waals surface area contributed by atoms with Crippen LogP contribution in [0.5, 0.6) is 0 Å². The number of aliphatic carboxylic acids is 1. The number of nitrogens with zero attached hydrogens (tertiary/aromatic N) is 2. The molecule has 0 radical (unpaired) electrons. The number of carbonyl (C=O) groups is 2. The Labute approximate surface area is 115 Å². The van der Waals surface area contributed by atoms with E-state index in [4.69, 9.17) is 0 Å². The fourth-order valence-electron chi connectivity index (χ4n) is 1.87. The van der Waals surface area contributed by atoms with Crippen LogP contribution in [0.4, 0.5) is 0 Å². The van der Waals surface area contributed by atoms with Crippen LogP contribution in [-0.2, 0) is 9.59 Å². The first-order valence-electron chi connectivity index (χ1n) is 6.08. The lowest BCUT2D eigenvalue weighted by atomic mass is 9.96. The summed E-state index contributed by atoms with van der Waals surface area (Å²) in [6.45, 7) is 0. The van der Waals surface area contributed by atoms with E-state index in [9.17, 15) is 14.7 Å². The smallest absolute Gasteiger partial charge is 0.239 e. The van der Waals surface area contributed by atoms with Gasteiger partial charge >= 0.3 is 0 Å². The zero-order valence-electron chi connectivity index (χ0n) is 10.2. The molecule has 2 atom stereocenters. The molecular formula is C12H14N3O3S-. The van der Waals surface area contributed by atoms with Crippen molar-refractivity contribution in [1.29, 1.82) is 0 Å². The number of hydrogen-bond acceptors (Lipinski definition) is 6. The maximum atomic E-state index is 11.4. The molecule has 7 heteroatoms. The monoisotopic (exact) mass is 280 g/mol.